The van der Waals surface area contributed by atoms with Gasteiger partial charge in [-0.15, -0.1) is 11.3 Å². The average Bonchev–Trinajstić information content (AvgIpc) is 3.47. The molecule has 3 rings (SSSR count). The van der Waals surface area contributed by atoms with E-state index >= 15 is 0 Å². The van der Waals surface area contributed by atoms with Gasteiger partial charge in [0.1, 0.15) is 12.7 Å². The molecule has 0 bridgehead atoms. The lowest BCUT2D eigenvalue weighted by atomic mass is 9.97. The fraction of sp³-hybridized carbons (Fsp3) is 0.455. The van der Waals surface area contributed by atoms with Gasteiger partial charge in [-0.3, -0.25) is 24.0 Å². The predicted octanol–water partition coefficient (Wildman–Crippen LogP) is 1.93. The summed E-state index contributed by atoms with van der Waals surface area (Å²) >= 11 is 2.33. The van der Waals surface area contributed by atoms with Crippen molar-refractivity contribution in [3.05, 3.63) is 33.5 Å². The molecule has 14 heteroatoms. The van der Waals surface area contributed by atoms with Crippen LogP contribution in [0.3, 0.4) is 0 Å². The van der Waals surface area contributed by atoms with Crippen LogP contribution in [0, 0.1) is 0 Å². The number of ketones is 1. The zero-order chi connectivity index (χ0) is 26.4. The van der Waals surface area contributed by atoms with E-state index in [1.54, 1.807) is 17.5 Å². The van der Waals surface area contributed by atoms with Gasteiger partial charge in [0.2, 0.25) is 5.78 Å². The second kappa shape index (κ2) is 12.1. The number of nitrogens with one attached hydrogen (secondary N) is 1. The highest BCUT2D eigenvalue weighted by atomic mass is 32.1. The highest BCUT2D eigenvalue weighted by Gasteiger charge is 2.52. The Bertz CT molecular complexity index is 1120. The fourth-order valence-corrected chi connectivity index (χ4v) is 4.98. The molecule has 0 radical (unpaired) electrons. The zero-order valence-electron chi connectivity index (χ0n) is 19.7. The normalized spacial score (nSPS) is 23.3. The van der Waals surface area contributed by atoms with Crippen molar-refractivity contribution in [2.24, 2.45) is 0 Å². The van der Waals surface area contributed by atoms with E-state index in [1.165, 1.54) is 24.5 Å². The minimum absolute atomic E-state index is 0.211. The molecule has 0 aromatic carbocycles. The fourth-order valence-electron chi connectivity index (χ4n) is 3.44. The maximum absolute atomic E-state index is 12.6. The van der Waals surface area contributed by atoms with Crippen LogP contribution in [0.25, 0.3) is 0 Å². The largest absolute Gasteiger partial charge is 0.463 e. The molecule has 2 aromatic heterocycles. The van der Waals surface area contributed by atoms with E-state index in [9.17, 15) is 24.0 Å². The molecule has 1 aliphatic heterocycles. The molecule has 0 amide bonds. The van der Waals surface area contributed by atoms with Crippen LogP contribution in [0.4, 0.5) is 5.13 Å². The number of anilines is 1. The van der Waals surface area contributed by atoms with E-state index < -0.39 is 54.5 Å². The van der Waals surface area contributed by atoms with E-state index in [0.717, 1.165) is 32.1 Å². The number of aromatic nitrogens is 1. The molecule has 3 unspecified atom stereocenters. The summed E-state index contributed by atoms with van der Waals surface area (Å²) in [6, 6.07) is 3.45. The number of rotatable bonds is 9. The number of thiazole rings is 1. The molecule has 0 aliphatic carbocycles. The number of ether oxygens (including phenoxy) is 5. The maximum Gasteiger partial charge on any atom is 0.303 e. The summed E-state index contributed by atoms with van der Waals surface area (Å²) in [7, 11) is 0. The highest BCUT2D eigenvalue weighted by molar-refractivity contribution is 7.19. The summed E-state index contributed by atoms with van der Waals surface area (Å²) < 4.78 is 27.1. The first-order chi connectivity index (χ1) is 17.0. The van der Waals surface area contributed by atoms with Crippen molar-refractivity contribution in [3.63, 3.8) is 0 Å². The van der Waals surface area contributed by atoms with E-state index in [1.807, 2.05) is 0 Å². The van der Waals surface area contributed by atoms with Gasteiger partial charge in [-0.25, -0.2) is 4.98 Å². The molecule has 194 valence electrons. The Hall–Kier alpha value is -3.36. The van der Waals surface area contributed by atoms with Gasteiger partial charge in [0.25, 0.3) is 0 Å². The van der Waals surface area contributed by atoms with Gasteiger partial charge in [-0.05, 0) is 11.4 Å². The molecule has 1 aliphatic rings. The first-order valence-corrected chi connectivity index (χ1v) is 12.4. The standard InChI is InChI=1S/C22H24N2O10S2/c1-10(25)30-9-14-18(31-11(2)26)19(32-12(3)27)20(33-13(4)28)21(34-14)24-22-23-8-16(36-22)17(29)15-6-5-7-35-15/h5-8,14,18-21H,9H2,1-4H3,(H,23,24)/t14?,18-,19?,20?,21+/m1/s1. The highest BCUT2D eigenvalue weighted by Crippen LogP contribution is 2.31. The molecule has 0 saturated carbocycles. The van der Waals surface area contributed by atoms with Crippen molar-refractivity contribution in [1.82, 2.24) is 4.98 Å². The molecule has 2 aromatic rings. The maximum atomic E-state index is 12.6. The SMILES string of the molecule is CC(=O)OCC1O[C@H](Nc2ncc(C(=O)c3cccs3)s2)C(OC(C)=O)C(OC(C)=O)[C@@H]1OC(C)=O. The lowest BCUT2D eigenvalue weighted by Crippen LogP contribution is -2.64. The van der Waals surface area contributed by atoms with Crippen molar-refractivity contribution in [2.75, 3.05) is 11.9 Å². The van der Waals surface area contributed by atoms with Crippen LogP contribution in [-0.2, 0) is 42.9 Å². The van der Waals surface area contributed by atoms with Crippen molar-refractivity contribution in [3.8, 4) is 0 Å². The molecule has 36 heavy (non-hydrogen) atoms. The van der Waals surface area contributed by atoms with E-state index in [-0.39, 0.29) is 17.5 Å². The number of thiophene rings is 1. The van der Waals surface area contributed by atoms with E-state index in [2.05, 4.69) is 10.3 Å². The summed E-state index contributed by atoms with van der Waals surface area (Å²) in [5, 5.41) is 4.97. The Labute approximate surface area is 213 Å². The number of carbonyl (C=O) groups is 5. The number of hydrogen-bond acceptors (Lipinski definition) is 14. The van der Waals surface area contributed by atoms with Crippen LogP contribution >= 0.6 is 22.7 Å². The minimum atomic E-state index is -1.31. The third kappa shape index (κ3) is 7.08. The topological polar surface area (TPSA) is 156 Å². The van der Waals surface area contributed by atoms with Gasteiger partial charge in [-0.2, -0.15) is 0 Å². The summed E-state index contributed by atoms with van der Waals surface area (Å²) in [4.78, 5) is 64.8. The summed E-state index contributed by atoms with van der Waals surface area (Å²) in [5.41, 5.74) is 0. The second-order valence-corrected chi connectivity index (χ2v) is 9.58. The van der Waals surface area contributed by atoms with Crippen LogP contribution in [0.5, 0.6) is 0 Å². The van der Waals surface area contributed by atoms with Crippen molar-refractivity contribution < 1.29 is 47.7 Å². The summed E-state index contributed by atoms with van der Waals surface area (Å²) in [6.45, 7) is 4.26. The Morgan fingerprint density at radius 1 is 0.917 bits per heavy atom. The Morgan fingerprint density at radius 3 is 2.14 bits per heavy atom. The van der Waals surface area contributed by atoms with Crippen LogP contribution in [-0.4, -0.2) is 71.9 Å². The van der Waals surface area contributed by atoms with Gasteiger partial charge >= 0.3 is 23.9 Å². The lowest BCUT2D eigenvalue weighted by Gasteiger charge is -2.44. The number of nitrogens with zero attached hydrogens (tertiary/aromatic N) is 1. The van der Waals surface area contributed by atoms with Crippen molar-refractivity contribution in [2.45, 2.75) is 58.3 Å². The third-order valence-corrected chi connectivity index (χ3v) is 6.53. The van der Waals surface area contributed by atoms with Gasteiger partial charge < -0.3 is 29.0 Å². The third-order valence-electron chi connectivity index (χ3n) is 4.73. The molecular formula is C22H24N2O10S2. The molecule has 1 saturated heterocycles. The van der Waals surface area contributed by atoms with E-state index in [4.69, 9.17) is 23.7 Å². The minimum Gasteiger partial charge on any atom is -0.463 e. The summed E-state index contributed by atoms with van der Waals surface area (Å²) in [6.07, 6.45) is -4.75. The van der Waals surface area contributed by atoms with Crippen molar-refractivity contribution >= 4 is 57.5 Å². The molecule has 3 heterocycles. The average molecular weight is 541 g/mol. The lowest BCUT2D eigenvalue weighted by molar-refractivity contribution is -0.247. The molecular weight excluding hydrogens is 516 g/mol. The molecule has 12 nitrogen and oxygen atoms in total. The summed E-state index contributed by atoms with van der Waals surface area (Å²) in [5.74, 6) is -3.01. The van der Waals surface area contributed by atoms with Crippen LogP contribution in [0.15, 0.2) is 23.7 Å². The van der Waals surface area contributed by atoms with Crippen LogP contribution in [0.1, 0.15) is 42.2 Å². The van der Waals surface area contributed by atoms with Crippen LogP contribution in [0.2, 0.25) is 0 Å². The molecule has 1 fully saturated rings. The van der Waals surface area contributed by atoms with Crippen molar-refractivity contribution in [1.29, 1.82) is 0 Å². The van der Waals surface area contributed by atoms with Gasteiger partial charge in [0.05, 0.1) is 16.0 Å². The van der Waals surface area contributed by atoms with E-state index in [0.29, 0.717) is 9.75 Å². The second-order valence-electron chi connectivity index (χ2n) is 7.60. The molecule has 1 N–H and O–H groups in total. The Kier molecular flexibility index (Phi) is 9.12. The monoisotopic (exact) mass is 540 g/mol. The number of esters is 4. The molecule has 5 atom stereocenters. The number of hydrogen-bond donors (Lipinski definition) is 1. The van der Waals surface area contributed by atoms with Gasteiger partial charge in [-0.1, -0.05) is 17.4 Å². The van der Waals surface area contributed by atoms with Crippen LogP contribution < -0.4 is 5.32 Å². The predicted molar refractivity (Wildman–Crippen MR) is 125 cm³/mol. The molecule has 0 spiro atoms. The Balaban J connectivity index is 1.92. The Morgan fingerprint density at radius 2 is 1.56 bits per heavy atom. The number of carbonyl (C=O) groups excluding carboxylic acids is 5. The first-order valence-electron chi connectivity index (χ1n) is 10.7. The van der Waals surface area contributed by atoms with Gasteiger partial charge in [0, 0.05) is 27.7 Å². The first kappa shape index (κ1) is 27.2. The quantitative estimate of drug-likeness (QED) is 0.280. The van der Waals surface area contributed by atoms with Gasteiger partial charge in [0.15, 0.2) is 29.7 Å². The zero-order valence-corrected chi connectivity index (χ0v) is 21.4. The smallest absolute Gasteiger partial charge is 0.303 e.